The third-order valence-corrected chi connectivity index (χ3v) is 10.8. The average molecular weight is 668 g/mol. The van der Waals surface area contributed by atoms with Crippen molar-refractivity contribution in [3.8, 4) is 55.7 Å². The van der Waals surface area contributed by atoms with Crippen molar-refractivity contribution in [2.24, 2.45) is 0 Å². The molecule has 10 rings (SSSR count). The van der Waals surface area contributed by atoms with E-state index in [0.29, 0.717) is 17.5 Å². The van der Waals surface area contributed by atoms with Crippen molar-refractivity contribution >= 4 is 53.7 Å². The Hall–Kier alpha value is -6.49. The highest BCUT2D eigenvalue weighted by atomic mass is 32.1. The Morgan fingerprint density at radius 2 is 0.902 bits per heavy atom. The predicted octanol–water partition coefficient (Wildman–Crippen LogP) is 12.9. The number of benzene rings is 8. The first-order valence-electron chi connectivity index (χ1n) is 17.1. The minimum Gasteiger partial charge on any atom is -0.208 e. The van der Waals surface area contributed by atoms with Gasteiger partial charge in [0.25, 0.3) is 0 Å². The zero-order valence-electron chi connectivity index (χ0n) is 27.5. The molecule has 51 heavy (non-hydrogen) atoms. The van der Waals surface area contributed by atoms with Crippen LogP contribution < -0.4 is 0 Å². The van der Waals surface area contributed by atoms with Crippen molar-refractivity contribution < 1.29 is 0 Å². The van der Waals surface area contributed by atoms with Crippen LogP contribution in [-0.2, 0) is 0 Å². The molecule has 3 nitrogen and oxygen atoms in total. The van der Waals surface area contributed by atoms with Gasteiger partial charge in [-0.2, -0.15) is 0 Å². The molecule has 0 saturated carbocycles. The van der Waals surface area contributed by atoms with Gasteiger partial charge in [0.1, 0.15) is 0 Å². The molecule has 2 aromatic heterocycles. The monoisotopic (exact) mass is 667 g/mol. The van der Waals surface area contributed by atoms with Crippen molar-refractivity contribution in [3.05, 3.63) is 176 Å². The predicted molar refractivity (Wildman–Crippen MR) is 215 cm³/mol. The van der Waals surface area contributed by atoms with Gasteiger partial charge in [0.05, 0.1) is 4.88 Å². The number of fused-ring (bicyclic) bond motifs is 5. The Labute approximate surface area is 299 Å². The second-order valence-corrected chi connectivity index (χ2v) is 13.9. The number of thiophene rings is 1. The molecule has 0 amide bonds. The second-order valence-electron chi connectivity index (χ2n) is 12.8. The molecule has 0 N–H and O–H groups in total. The summed E-state index contributed by atoms with van der Waals surface area (Å²) in [6.45, 7) is 0. The summed E-state index contributed by atoms with van der Waals surface area (Å²) < 4.78 is 1.21. The first-order chi connectivity index (χ1) is 25.2. The van der Waals surface area contributed by atoms with Gasteiger partial charge < -0.3 is 0 Å². The number of nitrogens with zero attached hydrogens (tertiary/aromatic N) is 3. The van der Waals surface area contributed by atoms with Crippen LogP contribution in [0, 0.1) is 0 Å². The van der Waals surface area contributed by atoms with Crippen molar-refractivity contribution in [2.45, 2.75) is 0 Å². The van der Waals surface area contributed by atoms with Crippen molar-refractivity contribution in [3.63, 3.8) is 0 Å². The smallest absolute Gasteiger partial charge is 0.174 e. The van der Waals surface area contributed by atoms with Gasteiger partial charge >= 0.3 is 0 Å². The second kappa shape index (κ2) is 12.1. The van der Waals surface area contributed by atoms with Crippen LogP contribution in [0.4, 0.5) is 0 Å². The standard InChI is InChI=1S/C47H29N3S/c1-2-13-31(14-3-1)45-48-46(50-47(49-45)43-29-35-16-6-9-23-42(35)51-43)37-20-11-18-33(27-37)32-17-10-19-36(26-32)44-39-22-8-5-15-34(39)28-41-38-21-7-4-12-30(38)24-25-40(41)44/h1-29H. The van der Waals surface area contributed by atoms with Gasteiger partial charge in [0.2, 0.25) is 0 Å². The lowest BCUT2D eigenvalue weighted by molar-refractivity contribution is 1.08. The third-order valence-electron chi connectivity index (χ3n) is 9.69. The van der Waals surface area contributed by atoms with Crippen LogP contribution in [0.5, 0.6) is 0 Å². The Balaban J connectivity index is 1.12. The molecule has 8 aromatic carbocycles. The fourth-order valence-electron chi connectivity index (χ4n) is 7.25. The third kappa shape index (κ3) is 5.25. The molecule has 10 aromatic rings. The van der Waals surface area contributed by atoms with Gasteiger partial charge in [0, 0.05) is 15.8 Å². The summed E-state index contributed by atoms with van der Waals surface area (Å²) in [5, 5.41) is 8.73. The van der Waals surface area contributed by atoms with Gasteiger partial charge in [-0.05, 0) is 90.3 Å². The van der Waals surface area contributed by atoms with E-state index in [1.807, 2.05) is 18.2 Å². The van der Waals surface area contributed by atoms with E-state index in [0.717, 1.165) is 27.1 Å². The highest BCUT2D eigenvalue weighted by molar-refractivity contribution is 7.22. The molecule has 0 aliphatic carbocycles. The van der Waals surface area contributed by atoms with E-state index >= 15 is 0 Å². The summed E-state index contributed by atoms with van der Waals surface area (Å²) in [6.07, 6.45) is 0. The van der Waals surface area contributed by atoms with Gasteiger partial charge in [-0.3, -0.25) is 0 Å². The van der Waals surface area contributed by atoms with Crippen LogP contribution in [0.1, 0.15) is 0 Å². The molecule has 4 heteroatoms. The SMILES string of the molecule is c1ccc(-c2nc(-c3cccc(-c4cccc(-c5c6ccccc6cc6c5ccc5ccccc56)c4)c3)nc(-c3cc4ccccc4s3)n2)cc1. The van der Waals surface area contributed by atoms with E-state index in [2.05, 4.69) is 158 Å². The molecule has 0 spiro atoms. The highest BCUT2D eigenvalue weighted by Crippen LogP contribution is 2.41. The minimum absolute atomic E-state index is 0.654. The van der Waals surface area contributed by atoms with Crippen molar-refractivity contribution in [1.29, 1.82) is 0 Å². The first kappa shape index (κ1) is 29.4. The summed E-state index contributed by atoms with van der Waals surface area (Å²) in [7, 11) is 0. The van der Waals surface area contributed by atoms with E-state index in [4.69, 9.17) is 15.0 Å². The molecule has 0 aliphatic rings. The maximum absolute atomic E-state index is 5.08. The Kier molecular flexibility index (Phi) is 7.00. The molecule has 0 bridgehead atoms. The average Bonchev–Trinajstić information content (AvgIpc) is 3.65. The topological polar surface area (TPSA) is 38.7 Å². The lowest BCUT2D eigenvalue weighted by Gasteiger charge is -2.15. The highest BCUT2D eigenvalue weighted by Gasteiger charge is 2.16. The number of rotatable bonds is 5. The molecular formula is C47H29N3S. The Bertz CT molecular complexity index is 2890. The fourth-order valence-corrected chi connectivity index (χ4v) is 8.24. The van der Waals surface area contributed by atoms with E-state index in [1.165, 1.54) is 53.5 Å². The summed E-state index contributed by atoms with van der Waals surface area (Å²) in [4.78, 5) is 16.1. The summed E-state index contributed by atoms with van der Waals surface area (Å²) in [5.74, 6) is 2.00. The molecule has 2 heterocycles. The first-order valence-corrected chi connectivity index (χ1v) is 17.9. The normalized spacial score (nSPS) is 11.5. The summed E-state index contributed by atoms with van der Waals surface area (Å²) in [6, 6.07) is 62.5. The van der Waals surface area contributed by atoms with Crippen LogP contribution >= 0.6 is 11.3 Å². The molecule has 0 atom stereocenters. The van der Waals surface area contributed by atoms with E-state index < -0.39 is 0 Å². The van der Waals surface area contributed by atoms with Crippen LogP contribution in [0.2, 0.25) is 0 Å². The lowest BCUT2D eigenvalue weighted by atomic mass is 9.89. The largest absolute Gasteiger partial charge is 0.208 e. The van der Waals surface area contributed by atoms with Gasteiger partial charge in [-0.1, -0.05) is 146 Å². The number of hydrogen-bond donors (Lipinski definition) is 0. The molecule has 0 saturated heterocycles. The van der Waals surface area contributed by atoms with Crippen LogP contribution in [0.25, 0.3) is 98.1 Å². The molecule has 0 radical (unpaired) electrons. The maximum Gasteiger partial charge on any atom is 0.174 e. The molecule has 0 aliphatic heterocycles. The maximum atomic E-state index is 5.08. The minimum atomic E-state index is 0.654. The van der Waals surface area contributed by atoms with E-state index in [-0.39, 0.29) is 0 Å². The zero-order valence-corrected chi connectivity index (χ0v) is 28.3. The van der Waals surface area contributed by atoms with Crippen LogP contribution in [0.15, 0.2) is 176 Å². The number of aromatic nitrogens is 3. The van der Waals surface area contributed by atoms with Gasteiger partial charge in [0.15, 0.2) is 17.5 Å². The van der Waals surface area contributed by atoms with Crippen molar-refractivity contribution in [2.75, 3.05) is 0 Å². The van der Waals surface area contributed by atoms with Crippen LogP contribution in [-0.4, -0.2) is 15.0 Å². The van der Waals surface area contributed by atoms with Gasteiger partial charge in [-0.15, -0.1) is 11.3 Å². The fraction of sp³-hybridized carbons (Fsp3) is 0. The van der Waals surface area contributed by atoms with Gasteiger partial charge in [-0.25, -0.2) is 15.0 Å². The molecular weight excluding hydrogens is 639 g/mol. The van der Waals surface area contributed by atoms with Crippen molar-refractivity contribution in [1.82, 2.24) is 15.0 Å². The molecule has 0 unspecified atom stereocenters. The molecule has 0 fully saturated rings. The lowest BCUT2D eigenvalue weighted by Crippen LogP contribution is -1.99. The number of hydrogen-bond acceptors (Lipinski definition) is 4. The van der Waals surface area contributed by atoms with E-state index in [1.54, 1.807) is 11.3 Å². The molecule has 238 valence electrons. The quantitative estimate of drug-likeness (QED) is 0.135. The van der Waals surface area contributed by atoms with E-state index in [9.17, 15) is 0 Å². The summed E-state index contributed by atoms with van der Waals surface area (Å²) >= 11 is 1.71. The Morgan fingerprint density at radius 3 is 1.71 bits per heavy atom. The zero-order chi connectivity index (χ0) is 33.7. The van der Waals surface area contributed by atoms with Crippen LogP contribution in [0.3, 0.4) is 0 Å². The summed E-state index contributed by atoms with van der Waals surface area (Å²) in [5.41, 5.74) is 6.59. The Morgan fingerprint density at radius 1 is 0.314 bits per heavy atom.